The summed E-state index contributed by atoms with van der Waals surface area (Å²) in [5.41, 5.74) is 9.09. The van der Waals surface area contributed by atoms with Gasteiger partial charge < -0.3 is 4.90 Å². The highest BCUT2D eigenvalue weighted by Gasteiger charge is 2.15. The van der Waals surface area contributed by atoms with E-state index in [4.69, 9.17) is 5.53 Å². The van der Waals surface area contributed by atoms with Crippen LogP contribution in [0.3, 0.4) is 0 Å². The normalized spacial score (nSPS) is 11.6. The second kappa shape index (κ2) is 6.37. The zero-order valence-corrected chi connectivity index (χ0v) is 11.5. The Bertz CT molecular complexity index is 411. The molecule has 7 nitrogen and oxygen atoms in total. The maximum atomic E-state index is 8.17. The minimum Gasteiger partial charge on any atom is -0.300 e. The predicted molar refractivity (Wildman–Crippen MR) is 70.0 cm³/mol. The Hall–Kier alpha value is -1.59. The summed E-state index contributed by atoms with van der Waals surface area (Å²) in [6, 6.07) is 0. The molecular weight excluding hydrogens is 230 g/mol. The topological polar surface area (TPSA) is 82.7 Å². The minimum atomic E-state index is -0.0364. The molecule has 0 aromatic carbocycles. The van der Waals surface area contributed by atoms with E-state index in [0.29, 0.717) is 6.54 Å². The first kappa shape index (κ1) is 14.5. The third kappa shape index (κ3) is 4.73. The Morgan fingerprint density at radius 1 is 1.50 bits per heavy atom. The van der Waals surface area contributed by atoms with Gasteiger partial charge in [0.15, 0.2) is 0 Å². The molecule has 0 aliphatic rings. The maximum Gasteiger partial charge on any atom is 0.0967 e. The molecule has 0 unspecified atom stereocenters. The lowest BCUT2D eigenvalue weighted by atomic mass is 10.1. The Labute approximate surface area is 107 Å². The molecule has 0 aliphatic heterocycles. The van der Waals surface area contributed by atoms with Crippen molar-refractivity contribution >= 4 is 0 Å². The summed E-state index contributed by atoms with van der Waals surface area (Å²) in [4.78, 5) is 4.87. The summed E-state index contributed by atoms with van der Waals surface area (Å²) < 4.78 is 1.87. The SMILES string of the molecule is CN(CCCN=[N+]=[N-])Cc1cn(C(C)(C)C)nn1. The molecule has 0 spiro atoms. The van der Waals surface area contributed by atoms with Gasteiger partial charge in [-0.15, -0.1) is 5.10 Å². The van der Waals surface area contributed by atoms with Gasteiger partial charge in [-0.1, -0.05) is 10.3 Å². The van der Waals surface area contributed by atoms with Crippen LogP contribution in [0.2, 0.25) is 0 Å². The fraction of sp³-hybridized carbons (Fsp3) is 0.818. The van der Waals surface area contributed by atoms with Gasteiger partial charge in [0.1, 0.15) is 0 Å². The van der Waals surface area contributed by atoms with E-state index in [9.17, 15) is 0 Å². The standard InChI is InChI=1S/C11H21N7/c1-11(2,3)18-9-10(14-16-18)8-17(4)7-5-6-13-15-12/h9H,5-8H2,1-4H3. The Morgan fingerprint density at radius 2 is 2.22 bits per heavy atom. The van der Waals surface area contributed by atoms with E-state index in [1.807, 2.05) is 17.9 Å². The molecule has 7 heteroatoms. The third-order valence-electron chi connectivity index (χ3n) is 2.52. The monoisotopic (exact) mass is 251 g/mol. The highest BCUT2D eigenvalue weighted by atomic mass is 15.4. The van der Waals surface area contributed by atoms with Crippen LogP contribution in [0, 0.1) is 0 Å². The predicted octanol–water partition coefficient (Wildman–Crippen LogP) is 2.17. The van der Waals surface area contributed by atoms with E-state index in [1.165, 1.54) is 0 Å². The van der Waals surface area contributed by atoms with Crippen molar-refractivity contribution in [3.8, 4) is 0 Å². The molecule has 0 saturated heterocycles. The van der Waals surface area contributed by atoms with Crippen molar-refractivity contribution < 1.29 is 0 Å². The van der Waals surface area contributed by atoms with Crippen LogP contribution in [0.1, 0.15) is 32.9 Å². The molecule has 100 valence electrons. The minimum absolute atomic E-state index is 0.0364. The van der Waals surface area contributed by atoms with Crippen LogP contribution in [-0.2, 0) is 12.1 Å². The highest BCUT2D eigenvalue weighted by Crippen LogP contribution is 2.12. The van der Waals surface area contributed by atoms with Gasteiger partial charge in [0.2, 0.25) is 0 Å². The van der Waals surface area contributed by atoms with Crippen molar-refractivity contribution in [2.75, 3.05) is 20.1 Å². The zero-order chi connectivity index (χ0) is 13.6. The average molecular weight is 251 g/mol. The molecule has 0 atom stereocenters. The Morgan fingerprint density at radius 3 is 2.78 bits per heavy atom. The number of hydrogen-bond donors (Lipinski definition) is 0. The molecule has 0 saturated carbocycles. The molecule has 0 N–H and O–H groups in total. The van der Waals surface area contributed by atoms with Gasteiger partial charge in [-0.3, -0.25) is 0 Å². The third-order valence-corrected chi connectivity index (χ3v) is 2.52. The van der Waals surface area contributed by atoms with Crippen molar-refractivity contribution in [1.29, 1.82) is 0 Å². The lowest BCUT2D eigenvalue weighted by molar-refractivity contribution is 0.320. The lowest BCUT2D eigenvalue weighted by Gasteiger charge is -2.17. The van der Waals surface area contributed by atoms with Gasteiger partial charge in [0.25, 0.3) is 0 Å². The van der Waals surface area contributed by atoms with Gasteiger partial charge in [0.05, 0.1) is 17.4 Å². The van der Waals surface area contributed by atoms with E-state index >= 15 is 0 Å². The second-order valence-electron chi connectivity index (χ2n) is 5.37. The van der Waals surface area contributed by atoms with E-state index < -0.39 is 0 Å². The fourth-order valence-corrected chi connectivity index (χ4v) is 1.51. The number of aromatic nitrogens is 3. The fourth-order valence-electron chi connectivity index (χ4n) is 1.51. The summed E-state index contributed by atoms with van der Waals surface area (Å²) in [7, 11) is 2.02. The molecule has 1 aromatic heterocycles. The molecule has 0 radical (unpaired) electrons. The van der Waals surface area contributed by atoms with Crippen molar-refractivity contribution in [2.45, 2.75) is 39.3 Å². The molecule has 1 aromatic rings. The summed E-state index contributed by atoms with van der Waals surface area (Å²) >= 11 is 0. The van der Waals surface area contributed by atoms with Gasteiger partial charge in [-0.2, -0.15) is 0 Å². The van der Waals surface area contributed by atoms with Crippen molar-refractivity contribution in [3.05, 3.63) is 22.3 Å². The first-order valence-corrected chi connectivity index (χ1v) is 6.04. The zero-order valence-electron chi connectivity index (χ0n) is 11.5. The summed E-state index contributed by atoms with van der Waals surface area (Å²) in [6.45, 7) is 8.45. The smallest absolute Gasteiger partial charge is 0.0967 e. The number of azide groups is 1. The lowest BCUT2D eigenvalue weighted by Crippen LogP contribution is -2.22. The van der Waals surface area contributed by atoms with Crippen molar-refractivity contribution in [2.24, 2.45) is 5.11 Å². The van der Waals surface area contributed by atoms with Crippen LogP contribution in [0.15, 0.2) is 11.3 Å². The number of rotatable bonds is 6. The van der Waals surface area contributed by atoms with E-state index in [-0.39, 0.29) is 5.54 Å². The van der Waals surface area contributed by atoms with Crippen LogP contribution in [-0.4, -0.2) is 40.0 Å². The molecular formula is C11H21N7. The van der Waals surface area contributed by atoms with E-state index in [0.717, 1.165) is 25.2 Å². The van der Waals surface area contributed by atoms with Gasteiger partial charge in [0, 0.05) is 18.0 Å². The largest absolute Gasteiger partial charge is 0.300 e. The molecule has 0 fully saturated rings. The molecule has 0 bridgehead atoms. The van der Waals surface area contributed by atoms with Gasteiger partial charge in [-0.25, -0.2) is 4.68 Å². The first-order chi connectivity index (χ1) is 8.43. The molecule has 1 rings (SSSR count). The summed E-state index contributed by atoms with van der Waals surface area (Å²) in [5, 5.41) is 11.8. The van der Waals surface area contributed by atoms with E-state index in [1.54, 1.807) is 0 Å². The van der Waals surface area contributed by atoms with E-state index in [2.05, 4.69) is 46.0 Å². The van der Waals surface area contributed by atoms with Crippen molar-refractivity contribution in [3.63, 3.8) is 0 Å². The molecule has 0 amide bonds. The Balaban J connectivity index is 2.42. The summed E-state index contributed by atoms with van der Waals surface area (Å²) in [6.07, 6.45) is 2.83. The van der Waals surface area contributed by atoms with Crippen LogP contribution >= 0.6 is 0 Å². The molecule has 1 heterocycles. The van der Waals surface area contributed by atoms with Crippen LogP contribution < -0.4 is 0 Å². The highest BCUT2D eigenvalue weighted by molar-refractivity contribution is 4.94. The van der Waals surface area contributed by atoms with Gasteiger partial charge in [-0.05, 0) is 46.3 Å². The van der Waals surface area contributed by atoms with Crippen LogP contribution in [0.5, 0.6) is 0 Å². The first-order valence-electron chi connectivity index (χ1n) is 6.04. The molecule has 0 aliphatic carbocycles. The molecule has 18 heavy (non-hydrogen) atoms. The van der Waals surface area contributed by atoms with Crippen LogP contribution in [0.25, 0.3) is 10.4 Å². The van der Waals surface area contributed by atoms with Gasteiger partial charge >= 0.3 is 0 Å². The number of hydrogen-bond acceptors (Lipinski definition) is 4. The number of nitrogens with zero attached hydrogens (tertiary/aromatic N) is 7. The average Bonchev–Trinajstić information content (AvgIpc) is 2.72. The maximum absolute atomic E-state index is 8.17. The quantitative estimate of drug-likeness (QED) is 0.336. The van der Waals surface area contributed by atoms with Crippen molar-refractivity contribution in [1.82, 2.24) is 19.9 Å². The summed E-state index contributed by atoms with van der Waals surface area (Å²) in [5.74, 6) is 0. The van der Waals surface area contributed by atoms with Crippen LogP contribution in [0.4, 0.5) is 0 Å². The Kier molecular flexibility index (Phi) is 5.12. The second-order valence-corrected chi connectivity index (χ2v) is 5.37.